The number of nitrogens with one attached hydrogen (secondary N) is 2. The second kappa shape index (κ2) is 5.92. The number of para-hydroxylation sites is 1. The van der Waals surface area contributed by atoms with Gasteiger partial charge in [-0.2, -0.15) is 8.78 Å². The van der Waals surface area contributed by atoms with E-state index in [9.17, 15) is 8.78 Å². The Kier molecular flexibility index (Phi) is 3.82. The van der Waals surface area contributed by atoms with Crippen LogP contribution in [0.3, 0.4) is 0 Å². The number of aromatic nitrogens is 4. The molecule has 8 heteroatoms. The highest BCUT2D eigenvalue weighted by atomic mass is 19.3. The molecular formula is C14H13F2N5O. The average Bonchev–Trinajstić information content (AvgIpc) is 2.96. The van der Waals surface area contributed by atoms with Crippen LogP contribution in [0.5, 0.6) is 5.75 Å². The van der Waals surface area contributed by atoms with Gasteiger partial charge in [-0.15, -0.1) is 0 Å². The van der Waals surface area contributed by atoms with Gasteiger partial charge in [-0.1, -0.05) is 18.2 Å². The number of H-pyrrole nitrogens is 1. The number of fused-ring (bicyclic) bond motifs is 1. The summed E-state index contributed by atoms with van der Waals surface area (Å²) in [5.41, 5.74) is 1.79. The maximum Gasteiger partial charge on any atom is 0.387 e. The number of rotatable bonds is 5. The molecule has 0 aliphatic carbocycles. The Hall–Kier alpha value is -2.77. The SMILES string of the molecule is C[C@@H](Nc1ncnc2nc[nH]c12)c1ccccc1OC(F)F. The summed E-state index contributed by atoms with van der Waals surface area (Å²) >= 11 is 0. The van der Waals surface area contributed by atoms with Gasteiger partial charge in [0.15, 0.2) is 11.5 Å². The summed E-state index contributed by atoms with van der Waals surface area (Å²) in [7, 11) is 0. The van der Waals surface area contributed by atoms with Crippen LogP contribution in [0.25, 0.3) is 11.2 Å². The molecule has 2 heterocycles. The third-order valence-corrected chi connectivity index (χ3v) is 3.18. The van der Waals surface area contributed by atoms with Crippen LogP contribution < -0.4 is 10.1 Å². The topological polar surface area (TPSA) is 75.7 Å². The fraction of sp³-hybridized carbons (Fsp3) is 0.214. The number of nitrogens with zero attached hydrogens (tertiary/aromatic N) is 3. The van der Waals surface area contributed by atoms with Gasteiger partial charge in [0.1, 0.15) is 17.6 Å². The number of halogens is 2. The van der Waals surface area contributed by atoms with E-state index in [4.69, 9.17) is 0 Å². The molecule has 0 aliphatic heterocycles. The van der Waals surface area contributed by atoms with Crippen LogP contribution in [0.2, 0.25) is 0 Å². The predicted molar refractivity (Wildman–Crippen MR) is 76.8 cm³/mol. The Balaban J connectivity index is 1.89. The average molecular weight is 305 g/mol. The first-order chi connectivity index (χ1) is 10.6. The second-order valence-electron chi connectivity index (χ2n) is 4.61. The minimum atomic E-state index is -2.87. The van der Waals surface area contributed by atoms with E-state index in [0.717, 1.165) is 0 Å². The van der Waals surface area contributed by atoms with Crippen LogP contribution in [-0.2, 0) is 0 Å². The molecule has 114 valence electrons. The summed E-state index contributed by atoms with van der Waals surface area (Å²) in [6, 6.07) is 6.34. The van der Waals surface area contributed by atoms with Crippen molar-refractivity contribution in [2.24, 2.45) is 0 Å². The lowest BCUT2D eigenvalue weighted by Crippen LogP contribution is -2.12. The quantitative estimate of drug-likeness (QED) is 0.757. The van der Waals surface area contributed by atoms with E-state index < -0.39 is 6.61 Å². The van der Waals surface area contributed by atoms with Crippen LogP contribution in [-0.4, -0.2) is 26.5 Å². The maximum absolute atomic E-state index is 12.5. The minimum Gasteiger partial charge on any atom is -0.434 e. The van der Waals surface area contributed by atoms with E-state index in [1.54, 1.807) is 18.2 Å². The first-order valence-electron chi connectivity index (χ1n) is 6.59. The summed E-state index contributed by atoms with van der Waals surface area (Å²) in [6.07, 6.45) is 2.91. The van der Waals surface area contributed by atoms with Crippen LogP contribution >= 0.6 is 0 Å². The van der Waals surface area contributed by atoms with Crippen molar-refractivity contribution in [1.29, 1.82) is 0 Å². The van der Waals surface area contributed by atoms with Crippen molar-refractivity contribution in [2.45, 2.75) is 19.6 Å². The maximum atomic E-state index is 12.5. The van der Waals surface area contributed by atoms with Gasteiger partial charge in [-0.05, 0) is 13.0 Å². The largest absolute Gasteiger partial charge is 0.434 e. The number of imidazole rings is 1. The second-order valence-corrected chi connectivity index (χ2v) is 4.61. The fourth-order valence-corrected chi connectivity index (χ4v) is 2.20. The van der Waals surface area contributed by atoms with Crippen molar-refractivity contribution in [3.8, 4) is 5.75 Å². The van der Waals surface area contributed by atoms with Gasteiger partial charge in [0.05, 0.1) is 12.4 Å². The molecule has 0 unspecified atom stereocenters. The van der Waals surface area contributed by atoms with Crippen molar-refractivity contribution < 1.29 is 13.5 Å². The Labute approximate surface area is 124 Å². The molecule has 0 aliphatic rings. The van der Waals surface area contributed by atoms with E-state index in [0.29, 0.717) is 22.5 Å². The summed E-state index contributed by atoms with van der Waals surface area (Å²) in [5, 5.41) is 3.15. The molecule has 3 rings (SSSR count). The molecule has 1 atom stereocenters. The third-order valence-electron chi connectivity index (χ3n) is 3.18. The number of aromatic amines is 1. The molecule has 1 aromatic carbocycles. The van der Waals surface area contributed by atoms with Crippen LogP contribution in [0.1, 0.15) is 18.5 Å². The first-order valence-corrected chi connectivity index (χ1v) is 6.59. The summed E-state index contributed by atoms with van der Waals surface area (Å²) < 4.78 is 29.5. The van der Waals surface area contributed by atoms with E-state index in [1.807, 2.05) is 6.92 Å². The molecule has 2 aromatic heterocycles. The molecule has 0 spiro atoms. The molecule has 0 radical (unpaired) electrons. The van der Waals surface area contributed by atoms with Gasteiger partial charge < -0.3 is 15.0 Å². The van der Waals surface area contributed by atoms with E-state index in [-0.39, 0.29) is 11.8 Å². The smallest absolute Gasteiger partial charge is 0.387 e. The van der Waals surface area contributed by atoms with Crippen molar-refractivity contribution in [3.63, 3.8) is 0 Å². The lowest BCUT2D eigenvalue weighted by atomic mass is 10.1. The highest BCUT2D eigenvalue weighted by Crippen LogP contribution is 2.29. The van der Waals surface area contributed by atoms with Crippen LogP contribution in [0.4, 0.5) is 14.6 Å². The van der Waals surface area contributed by atoms with E-state index >= 15 is 0 Å². The molecule has 0 saturated heterocycles. The van der Waals surface area contributed by atoms with Gasteiger partial charge in [-0.25, -0.2) is 15.0 Å². The van der Waals surface area contributed by atoms with E-state index in [1.165, 1.54) is 18.7 Å². The minimum absolute atomic E-state index is 0.132. The Morgan fingerprint density at radius 3 is 2.82 bits per heavy atom. The van der Waals surface area contributed by atoms with E-state index in [2.05, 4.69) is 30.0 Å². The first kappa shape index (κ1) is 14.2. The Bertz CT molecular complexity index is 777. The number of anilines is 1. The van der Waals surface area contributed by atoms with Crippen molar-refractivity contribution in [3.05, 3.63) is 42.5 Å². The lowest BCUT2D eigenvalue weighted by Gasteiger charge is -2.18. The summed E-state index contributed by atoms with van der Waals surface area (Å²) in [5.74, 6) is 0.675. The van der Waals surface area contributed by atoms with Crippen LogP contribution in [0, 0.1) is 0 Å². The Morgan fingerprint density at radius 1 is 1.18 bits per heavy atom. The number of alkyl halides is 2. The number of benzene rings is 1. The zero-order valence-corrected chi connectivity index (χ0v) is 11.6. The molecule has 22 heavy (non-hydrogen) atoms. The zero-order valence-electron chi connectivity index (χ0n) is 11.6. The fourth-order valence-electron chi connectivity index (χ4n) is 2.20. The normalized spacial score (nSPS) is 12.5. The third kappa shape index (κ3) is 2.80. The standard InChI is InChI=1S/C14H13F2N5O/c1-8(9-4-2-3-5-10(9)22-14(15)16)21-13-11-12(18-6-17-11)19-7-20-13/h2-8,14H,1H3,(H2,17,18,19,20,21)/t8-/m1/s1. The van der Waals surface area contributed by atoms with Gasteiger partial charge in [0.2, 0.25) is 0 Å². The highest BCUT2D eigenvalue weighted by molar-refractivity contribution is 5.82. The zero-order chi connectivity index (χ0) is 15.5. The molecule has 2 N–H and O–H groups in total. The summed E-state index contributed by atoms with van der Waals surface area (Å²) in [4.78, 5) is 15.2. The molecule has 6 nitrogen and oxygen atoms in total. The Morgan fingerprint density at radius 2 is 2.00 bits per heavy atom. The van der Waals surface area contributed by atoms with Gasteiger partial charge in [-0.3, -0.25) is 0 Å². The number of ether oxygens (including phenoxy) is 1. The van der Waals surface area contributed by atoms with Gasteiger partial charge >= 0.3 is 6.61 Å². The molecule has 0 fully saturated rings. The van der Waals surface area contributed by atoms with Gasteiger partial charge in [0, 0.05) is 5.56 Å². The van der Waals surface area contributed by atoms with Crippen molar-refractivity contribution >= 4 is 17.0 Å². The molecular weight excluding hydrogens is 292 g/mol. The highest BCUT2D eigenvalue weighted by Gasteiger charge is 2.16. The number of hydrogen-bond donors (Lipinski definition) is 2. The number of hydrogen-bond acceptors (Lipinski definition) is 5. The molecule has 0 amide bonds. The molecule has 3 aromatic rings. The monoisotopic (exact) mass is 305 g/mol. The summed E-state index contributed by atoms with van der Waals surface area (Å²) in [6.45, 7) is -1.04. The lowest BCUT2D eigenvalue weighted by molar-refractivity contribution is -0.0505. The predicted octanol–water partition coefficient (Wildman–Crippen LogP) is 3.13. The van der Waals surface area contributed by atoms with Crippen molar-refractivity contribution in [2.75, 3.05) is 5.32 Å². The van der Waals surface area contributed by atoms with Crippen LogP contribution in [0.15, 0.2) is 36.9 Å². The molecule has 0 saturated carbocycles. The van der Waals surface area contributed by atoms with Crippen molar-refractivity contribution in [1.82, 2.24) is 19.9 Å². The molecule has 0 bridgehead atoms. The van der Waals surface area contributed by atoms with Gasteiger partial charge in [0.25, 0.3) is 0 Å².